The average molecular weight is 315 g/mol. The van der Waals surface area contributed by atoms with E-state index in [9.17, 15) is 18.3 Å². The first-order valence-electron chi connectivity index (χ1n) is 7.62. The molecule has 2 nitrogen and oxygen atoms in total. The van der Waals surface area contributed by atoms with Gasteiger partial charge in [0.15, 0.2) is 0 Å². The number of likely N-dealkylation sites (tertiary alicyclic amines) is 1. The molecule has 0 saturated carbocycles. The summed E-state index contributed by atoms with van der Waals surface area (Å²) >= 11 is 0. The van der Waals surface area contributed by atoms with E-state index in [4.69, 9.17) is 0 Å². The van der Waals surface area contributed by atoms with Crippen molar-refractivity contribution in [3.8, 4) is 0 Å². The van der Waals surface area contributed by atoms with Gasteiger partial charge >= 0.3 is 6.18 Å². The molecule has 22 heavy (non-hydrogen) atoms. The minimum atomic E-state index is -4.35. The van der Waals surface area contributed by atoms with Gasteiger partial charge in [-0.2, -0.15) is 13.2 Å². The second-order valence-electron chi connectivity index (χ2n) is 7.17. The fraction of sp³-hybridized carbons (Fsp3) is 0.647. The number of piperidine rings is 1. The summed E-state index contributed by atoms with van der Waals surface area (Å²) in [6, 6.07) is 5.42. The quantitative estimate of drug-likeness (QED) is 0.896. The Morgan fingerprint density at radius 2 is 1.73 bits per heavy atom. The van der Waals surface area contributed by atoms with Crippen LogP contribution in [-0.4, -0.2) is 35.2 Å². The first kappa shape index (κ1) is 17.3. The van der Waals surface area contributed by atoms with Crippen molar-refractivity contribution in [3.05, 3.63) is 35.4 Å². The Morgan fingerprint density at radius 1 is 1.14 bits per heavy atom. The molecule has 0 spiro atoms. The molecule has 1 aromatic carbocycles. The van der Waals surface area contributed by atoms with Crippen LogP contribution in [0.2, 0.25) is 0 Å². The predicted molar refractivity (Wildman–Crippen MR) is 80.8 cm³/mol. The number of hydrogen-bond acceptors (Lipinski definition) is 2. The Labute approximate surface area is 129 Å². The highest BCUT2D eigenvalue weighted by Crippen LogP contribution is 2.39. The minimum absolute atomic E-state index is 0.0371. The zero-order valence-corrected chi connectivity index (χ0v) is 13.4. The number of alkyl halides is 3. The van der Waals surface area contributed by atoms with Crippen molar-refractivity contribution >= 4 is 0 Å². The molecular weight excluding hydrogens is 291 g/mol. The number of halogens is 3. The number of aliphatic hydroxyl groups excluding tert-OH is 1. The topological polar surface area (TPSA) is 23.5 Å². The number of aliphatic hydroxyl groups is 1. The maximum atomic E-state index is 12.9. The lowest BCUT2D eigenvalue weighted by Gasteiger charge is -2.46. The van der Waals surface area contributed by atoms with Crippen LogP contribution in [-0.2, 0) is 11.6 Å². The predicted octanol–water partition coefficient (Wildman–Crippen LogP) is 3.83. The zero-order valence-electron chi connectivity index (χ0n) is 13.4. The molecule has 0 unspecified atom stereocenters. The molecule has 1 aliphatic rings. The lowest BCUT2D eigenvalue weighted by atomic mass is 9.72. The van der Waals surface area contributed by atoms with Crippen LogP contribution in [0.3, 0.4) is 0 Å². The summed E-state index contributed by atoms with van der Waals surface area (Å²) in [7, 11) is 0. The van der Waals surface area contributed by atoms with Gasteiger partial charge in [0.2, 0.25) is 0 Å². The Hall–Kier alpha value is -1.07. The summed E-state index contributed by atoms with van der Waals surface area (Å²) in [5.41, 5.74) is -0.576. The van der Waals surface area contributed by atoms with Gasteiger partial charge in [0.25, 0.3) is 0 Å². The van der Waals surface area contributed by atoms with Crippen molar-refractivity contribution in [1.82, 2.24) is 4.90 Å². The second kappa shape index (κ2) is 5.85. The molecule has 1 N–H and O–H groups in total. The van der Waals surface area contributed by atoms with Crippen LogP contribution in [0.15, 0.2) is 24.3 Å². The largest absolute Gasteiger partial charge is 0.416 e. The third-order valence-electron chi connectivity index (χ3n) is 4.77. The van der Waals surface area contributed by atoms with Crippen molar-refractivity contribution in [2.24, 2.45) is 0 Å². The van der Waals surface area contributed by atoms with Gasteiger partial charge in [0, 0.05) is 11.0 Å². The van der Waals surface area contributed by atoms with E-state index in [1.165, 1.54) is 12.1 Å². The summed E-state index contributed by atoms with van der Waals surface area (Å²) in [4.78, 5) is 2.31. The lowest BCUT2D eigenvalue weighted by molar-refractivity contribution is -0.137. The fourth-order valence-electron chi connectivity index (χ4n) is 3.17. The third kappa shape index (κ3) is 3.46. The first-order chi connectivity index (χ1) is 10.1. The molecule has 1 aromatic rings. The molecule has 1 fully saturated rings. The van der Waals surface area contributed by atoms with Crippen LogP contribution in [0.5, 0.6) is 0 Å². The van der Waals surface area contributed by atoms with Crippen LogP contribution >= 0.6 is 0 Å². The van der Waals surface area contributed by atoms with Crippen molar-refractivity contribution in [1.29, 1.82) is 0 Å². The zero-order chi connectivity index (χ0) is 16.6. The molecule has 1 saturated heterocycles. The minimum Gasteiger partial charge on any atom is -0.395 e. The van der Waals surface area contributed by atoms with Gasteiger partial charge in [0.05, 0.1) is 12.2 Å². The van der Waals surface area contributed by atoms with E-state index in [1.54, 1.807) is 6.07 Å². The molecule has 0 amide bonds. The highest BCUT2D eigenvalue weighted by molar-refractivity contribution is 5.32. The molecule has 0 aliphatic carbocycles. The first-order valence-corrected chi connectivity index (χ1v) is 7.62. The maximum Gasteiger partial charge on any atom is 0.416 e. The van der Waals surface area contributed by atoms with E-state index in [2.05, 4.69) is 25.7 Å². The van der Waals surface area contributed by atoms with E-state index in [0.29, 0.717) is 18.4 Å². The highest BCUT2D eigenvalue weighted by atomic mass is 19.4. The highest BCUT2D eigenvalue weighted by Gasteiger charge is 2.39. The van der Waals surface area contributed by atoms with Crippen LogP contribution in [0.4, 0.5) is 13.2 Å². The Morgan fingerprint density at radius 3 is 2.18 bits per heavy atom. The Kier molecular flexibility index (Phi) is 4.60. The summed E-state index contributed by atoms with van der Waals surface area (Å²) in [5.74, 6) is 0. The van der Waals surface area contributed by atoms with Gasteiger partial charge in [0.1, 0.15) is 0 Å². The molecule has 1 aliphatic heterocycles. The van der Waals surface area contributed by atoms with Gasteiger partial charge in [-0.3, -0.25) is 4.90 Å². The number of benzene rings is 1. The summed E-state index contributed by atoms with van der Waals surface area (Å²) in [5, 5.41) is 9.88. The molecule has 2 rings (SSSR count). The van der Waals surface area contributed by atoms with Crippen molar-refractivity contribution < 1.29 is 18.3 Å². The average Bonchev–Trinajstić information content (AvgIpc) is 2.45. The van der Waals surface area contributed by atoms with Crippen LogP contribution in [0.25, 0.3) is 0 Å². The summed E-state index contributed by atoms with van der Waals surface area (Å²) in [6.45, 7) is 7.82. The molecule has 1 heterocycles. The number of rotatable bonds is 2. The molecule has 0 radical (unpaired) electrons. The maximum absolute atomic E-state index is 12.9. The normalized spacial score (nSPS) is 20.1. The molecule has 0 atom stereocenters. The van der Waals surface area contributed by atoms with Crippen LogP contribution < -0.4 is 0 Å². The molecule has 5 heteroatoms. The molecular formula is C17H24F3NO. The molecule has 124 valence electrons. The van der Waals surface area contributed by atoms with Gasteiger partial charge < -0.3 is 5.11 Å². The van der Waals surface area contributed by atoms with Gasteiger partial charge in [-0.25, -0.2) is 0 Å². The fourth-order valence-corrected chi connectivity index (χ4v) is 3.17. The van der Waals surface area contributed by atoms with E-state index in [1.807, 2.05) is 0 Å². The van der Waals surface area contributed by atoms with Crippen LogP contribution in [0, 0.1) is 0 Å². The van der Waals surface area contributed by atoms with Gasteiger partial charge in [-0.05, 0) is 58.3 Å². The van der Waals surface area contributed by atoms with E-state index >= 15 is 0 Å². The second-order valence-corrected chi connectivity index (χ2v) is 7.17. The van der Waals surface area contributed by atoms with Crippen molar-refractivity contribution in [3.63, 3.8) is 0 Å². The van der Waals surface area contributed by atoms with Gasteiger partial charge in [-0.15, -0.1) is 0 Å². The van der Waals surface area contributed by atoms with E-state index in [0.717, 1.165) is 19.2 Å². The number of nitrogens with zero attached hydrogens (tertiary/aromatic N) is 1. The molecule has 0 aromatic heterocycles. The van der Waals surface area contributed by atoms with Crippen molar-refractivity contribution in [2.45, 2.75) is 50.7 Å². The summed E-state index contributed by atoms with van der Waals surface area (Å²) in [6.07, 6.45) is -3.01. The monoisotopic (exact) mass is 315 g/mol. The van der Waals surface area contributed by atoms with E-state index in [-0.39, 0.29) is 12.1 Å². The van der Waals surface area contributed by atoms with E-state index < -0.39 is 17.2 Å². The third-order valence-corrected chi connectivity index (χ3v) is 4.77. The SMILES string of the molecule is CC(C)(C)N1CCC(CO)(c2cccc(C(F)(F)F)c2)CC1. The Bertz CT molecular complexity index is 511. The van der Waals surface area contributed by atoms with Crippen LogP contribution in [0.1, 0.15) is 44.7 Å². The standard InChI is InChI=1S/C17H24F3NO/c1-15(2,3)21-9-7-16(12-22,8-10-21)13-5-4-6-14(11-13)17(18,19)20/h4-6,11,22H,7-10,12H2,1-3H3. The Balaban J connectivity index is 2.26. The lowest BCUT2D eigenvalue weighted by Crippen LogP contribution is -2.51. The summed E-state index contributed by atoms with van der Waals surface area (Å²) < 4.78 is 38.7. The molecule has 0 bridgehead atoms. The smallest absolute Gasteiger partial charge is 0.395 e. The van der Waals surface area contributed by atoms with Crippen molar-refractivity contribution in [2.75, 3.05) is 19.7 Å². The number of hydrogen-bond donors (Lipinski definition) is 1. The van der Waals surface area contributed by atoms with Gasteiger partial charge in [-0.1, -0.05) is 18.2 Å².